The van der Waals surface area contributed by atoms with Gasteiger partial charge in [-0.25, -0.2) is 4.79 Å². The van der Waals surface area contributed by atoms with E-state index in [1.165, 1.54) is 14.0 Å². The first-order valence-corrected chi connectivity index (χ1v) is 5.88. The number of aliphatic hydroxyl groups excluding tert-OH is 1. The molecule has 1 rings (SSSR count). The second-order valence-electron chi connectivity index (χ2n) is 4.05. The molecule has 0 aliphatic rings. The van der Waals surface area contributed by atoms with Crippen LogP contribution in [0.2, 0.25) is 0 Å². The van der Waals surface area contributed by atoms with Crippen molar-refractivity contribution in [1.82, 2.24) is 5.32 Å². The number of methoxy groups -OCH3 is 1. The Hall–Kier alpha value is -2.28. The monoisotopic (exact) mass is 283 g/mol. The van der Waals surface area contributed by atoms with Gasteiger partial charge in [-0.1, -0.05) is 6.07 Å². The van der Waals surface area contributed by atoms with Gasteiger partial charge in [0.1, 0.15) is 6.61 Å². The van der Waals surface area contributed by atoms with E-state index in [9.17, 15) is 9.59 Å². The highest BCUT2D eigenvalue weighted by atomic mass is 16.5. The van der Waals surface area contributed by atoms with Crippen LogP contribution in [-0.4, -0.2) is 41.8 Å². The minimum Gasteiger partial charge on any atom is -0.493 e. The van der Waals surface area contributed by atoms with Crippen LogP contribution in [0.25, 0.3) is 0 Å². The number of ether oxygens (including phenoxy) is 2. The number of rotatable bonds is 7. The molecule has 7 heteroatoms. The molecule has 0 heterocycles. The van der Waals surface area contributed by atoms with Crippen molar-refractivity contribution in [2.45, 2.75) is 19.6 Å². The number of hydrogen-bond acceptors (Lipinski definition) is 5. The summed E-state index contributed by atoms with van der Waals surface area (Å²) in [4.78, 5) is 21.8. The third kappa shape index (κ3) is 4.43. The summed E-state index contributed by atoms with van der Waals surface area (Å²) in [5.41, 5.74) is 0.644. The number of hydrogen-bond donors (Lipinski definition) is 3. The molecule has 110 valence electrons. The lowest BCUT2D eigenvalue weighted by molar-refractivity contribution is -0.142. The summed E-state index contributed by atoms with van der Waals surface area (Å²) in [6.07, 6.45) is 0. The van der Waals surface area contributed by atoms with E-state index in [-0.39, 0.29) is 13.2 Å². The number of nitrogens with one attached hydrogen (secondary N) is 1. The number of carboxylic acids is 1. The van der Waals surface area contributed by atoms with E-state index in [1.807, 2.05) is 0 Å². The summed E-state index contributed by atoms with van der Waals surface area (Å²) < 4.78 is 10.4. The maximum absolute atomic E-state index is 11.0. The van der Waals surface area contributed by atoms with Crippen molar-refractivity contribution in [3.05, 3.63) is 23.8 Å². The van der Waals surface area contributed by atoms with Gasteiger partial charge in [0, 0.05) is 6.92 Å². The molecular weight excluding hydrogens is 266 g/mol. The molecule has 0 aliphatic heterocycles. The molecule has 3 N–H and O–H groups in total. The first-order valence-electron chi connectivity index (χ1n) is 5.88. The molecule has 0 saturated carbocycles. The first-order chi connectivity index (χ1) is 9.47. The van der Waals surface area contributed by atoms with Crippen LogP contribution in [0, 0.1) is 0 Å². The Labute approximate surface area is 116 Å². The smallest absolute Gasteiger partial charge is 0.329 e. The normalized spacial score (nSPS) is 11.6. The molecule has 0 aromatic heterocycles. The molecule has 1 atom stereocenters. The van der Waals surface area contributed by atoms with Gasteiger partial charge >= 0.3 is 5.97 Å². The van der Waals surface area contributed by atoms with E-state index >= 15 is 0 Å². The van der Waals surface area contributed by atoms with Crippen molar-refractivity contribution < 1.29 is 29.3 Å². The molecular formula is C13H17NO6. The van der Waals surface area contributed by atoms with Gasteiger partial charge in [-0.3, -0.25) is 4.79 Å². The summed E-state index contributed by atoms with van der Waals surface area (Å²) >= 11 is 0. The highest BCUT2D eigenvalue weighted by Gasteiger charge is 2.20. The predicted octanol–water partition coefficient (Wildman–Crippen LogP) is 0.156. The Kier molecular flexibility index (Phi) is 5.79. The SMILES string of the molecule is COc1cc(CO)ccc1OCC(NC(C)=O)C(=O)O. The fourth-order valence-electron chi connectivity index (χ4n) is 1.52. The van der Waals surface area contributed by atoms with Crippen LogP contribution in [0.5, 0.6) is 11.5 Å². The molecule has 0 bridgehead atoms. The Bertz CT molecular complexity index is 488. The zero-order valence-electron chi connectivity index (χ0n) is 11.3. The number of carbonyl (C=O) groups is 2. The quantitative estimate of drug-likeness (QED) is 0.658. The average molecular weight is 283 g/mol. The van der Waals surface area contributed by atoms with Gasteiger partial charge in [0.25, 0.3) is 0 Å². The Morgan fingerprint density at radius 3 is 2.55 bits per heavy atom. The van der Waals surface area contributed by atoms with Crippen molar-refractivity contribution in [2.75, 3.05) is 13.7 Å². The molecule has 7 nitrogen and oxygen atoms in total. The summed E-state index contributed by atoms with van der Waals surface area (Å²) in [7, 11) is 1.44. The van der Waals surface area contributed by atoms with Gasteiger partial charge in [0.15, 0.2) is 17.5 Å². The van der Waals surface area contributed by atoms with Gasteiger partial charge < -0.3 is 25.0 Å². The van der Waals surface area contributed by atoms with Crippen LogP contribution in [-0.2, 0) is 16.2 Å². The van der Waals surface area contributed by atoms with E-state index in [2.05, 4.69) is 5.32 Å². The molecule has 0 spiro atoms. The van der Waals surface area contributed by atoms with Gasteiger partial charge in [0.2, 0.25) is 5.91 Å². The molecule has 0 radical (unpaired) electrons. The van der Waals surface area contributed by atoms with Crippen molar-refractivity contribution >= 4 is 11.9 Å². The van der Waals surface area contributed by atoms with E-state index in [0.717, 1.165) is 0 Å². The highest BCUT2D eigenvalue weighted by molar-refractivity contribution is 5.82. The zero-order valence-corrected chi connectivity index (χ0v) is 11.3. The Morgan fingerprint density at radius 2 is 2.05 bits per heavy atom. The lowest BCUT2D eigenvalue weighted by Crippen LogP contribution is -2.43. The minimum atomic E-state index is -1.19. The van der Waals surface area contributed by atoms with Crippen LogP contribution in [0.15, 0.2) is 18.2 Å². The van der Waals surface area contributed by atoms with Gasteiger partial charge in [0.05, 0.1) is 13.7 Å². The summed E-state index contributed by atoms with van der Waals surface area (Å²) in [6, 6.07) is 3.64. The standard InChI is InChI=1S/C13H17NO6/c1-8(16)14-10(13(17)18)7-20-11-4-3-9(6-15)5-12(11)19-2/h3-5,10,15H,6-7H2,1-2H3,(H,14,16)(H,17,18). The largest absolute Gasteiger partial charge is 0.493 e. The van der Waals surface area contributed by atoms with E-state index in [4.69, 9.17) is 19.7 Å². The van der Waals surface area contributed by atoms with Gasteiger partial charge in [-0.15, -0.1) is 0 Å². The summed E-state index contributed by atoms with van der Waals surface area (Å²) in [5.74, 6) is -0.931. The topological polar surface area (TPSA) is 105 Å². The van der Waals surface area contributed by atoms with Gasteiger partial charge in [-0.2, -0.15) is 0 Å². The molecule has 1 amide bonds. The maximum atomic E-state index is 11.0. The van der Waals surface area contributed by atoms with E-state index in [1.54, 1.807) is 18.2 Å². The van der Waals surface area contributed by atoms with Crippen molar-refractivity contribution in [1.29, 1.82) is 0 Å². The number of carbonyl (C=O) groups excluding carboxylic acids is 1. The number of aliphatic hydroxyl groups is 1. The first kappa shape index (κ1) is 15.8. The number of aliphatic carboxylic acids is 1. The number of benzene rings is 1. The van der Waals surface area contributed by atoms with Crippen LogP contribution in [0.3, 0.4) is 0 Å². The second kappa shape index (κ2) is 7.34. The number of amides is 1. The van der Waals surface area contributed by atoms with Crippen LogP contribution in [0.1, 0.15) is 12.5 Å². The van der Waals surface area contributed by atoms with Crippen LogP contribution < -0.4 is 14.8 Å². The van der Waals surface area contributed by atoms with E-state index in [0.29, 0.717) is 17.1 Å². The average Bonchev–Trinajstić information content (AvgIpc) is 2.42. The summed E-state index contributed by atoms with van der Waals surface area (Å²) in [6.45, 7) is 0.858. The van der Waals surface area contributed by atoms with Crippen molar-refractivity contribution in [3.63, 3.8) is 0 Å². The molecule has 1 aromatic rings. The molecule has 20 heavy (non-hydrogen) atoms. The summed E-state index contributed by atoms with van der Waals surface area (Å²) in [5, 5.41) is 20.2. The maximum Gasteiger partial charge on any atom is 0.329 e. The zero-order chi connectivity index (χ0) is 15.1. The number of carboxylic acid groups (broad SMARTS) is 1. The minimum absolute atomic E-state index is 0.139. The van der Waals surface area contributed by atoms with Crippen molar-refractivity contribution in [2.24, 2.45) is 0 Å². The predicted molar refractivity (Wildman–Crippen MR) is 69.7 cm³/mol. The third-order valence-corrected chi connectivity index (χ3v) is 2.49. The third-order valence-electron chi connectivity index (χ3n) is 2.49. The van der Waals surface area contributed by atoms with Crippen LogP contribution in [0.4, 0.5) is 0 Å². The lowest BCUT2D eigenvalue weighted by atomic mass is 10.2. The highest BCUT2D eigenvalue weighted by Crippen LogP contribution is 2.28. The molecule has 0 fully saturated rings. The fourth-order valence-corrected chi connectivity index (χ4v) is 1.52. The second-order valence-corrected chi connectivity index (χ2v) is 4.05. The van der Waals surface area contributed by atoms with E-state index < -0.39 is 17.9 Å². The Morgan fingerprint density at radius 1 is 1.35 bits per heavy atom. The molecule has 1 aromatic carbocycles. The molecule has 0 saturated heterocycles. The molecule has 0 aliphatic carbocycles. The van der Waals surface area contributed by atoms with Crippen molar-refractivity contribution in [3.8, 4) is 11.5 Å². The Balaban J connectivity index is 2.77. The fraction of sp³-hybridized carbons (Fsp3) is 0.385. The van der Waals surface area contributed by atoms with Gasteiger partial charge in [-0.05, 0) is 17.7 Å². The molecule has 1 unspecified atom stereocenters. The lowest BCUT2D eigenvalue weighted by Gasteiger charge is -2.16. The van der Waals surface area contributed by atoms with Crippen LogP contribution >= 0.6 is 0 Å².